The van der Waals surface area contributed by atoms with Crippen LogP contribution in [0.2, 0.25) is 0 Å². The van der Waals surface area contributed by atoms with Crippen LogP contribution >= 0.6 is 0 Å². The predicted molar refractivity (Wildman–Crippen MR) is 64.8 cm³/mol. The van der Waals surface area contributed by atoms with E-state index >= 15 is 0 Å². The highest BCUT2D eigenvalue weighted by atomic mass is 14.8. The standard InChI is InChI=1S/C13H15N3/c14-8-4-7-12-9-15-10-16-13(12)11-5-2-1-3-6-11/h1-3,5-6,9-10H,4,7-8,14H2. The van der Waals surface area contributed by atoms with Gasteiger partial charge in [0.05, 0.1) is 5.69 Å². The molecule has 2 aromatic rings. The molecule has 0 bridgehead atoms. The van der Waals surface area contributed by atoms with Crippen molar-refractivity contribution in [3.63, 3.8) is 0 Å². The van der Waals surface area contributed by atoms with Crippen molar-refractivity contribution in [1.29, 1.82) is 0 Å². The van der Waals surface area contributed by atoms with Gasteiger partial charge >= 0.3 is 0 Å². The minimum absolute atomic E-state index is 0.698. The lowest BCUT2D eigenvalue weighted by molar-refractivity contribution is 0.825. The zero-order valence-electron chi connectivity index (χ0n) is 9.13. The van der Waals surface area contributed by atoms with Gasteiger partial charge in [-0.15, -0.1) is 0 Å². The Morgan fingerprint density at radius 3 is 2.69 bits per heavy atom. The quantitative estimate of drug-likeness (QED) is 0.845. The molecule has 0 atom stereocenters. The smallest absolute Gasteiger partial charge is 0.116 e. The van der Waals surface area contributed by atoms with Gasteiger partial charge in [-0.25, -0.2) is 9.97 Å². The fourth-order valence-corrected chi connectivity index (χ4v) is 1.69. The maximum atomic E-state index is 5.52. The molecule has 1 heterocycles. The Kier molecular flexibility index (Phi) is 3.62. The highest BCUT2D eigenvalue weighted by Crippen LogP contribution is 2.20. The van der Waals surface area contributed by atoms with E-state index in [1.807, 2.05) is 24.4 Å². The average Bonchev–Trinajstić information content (AvgIpc) is 2.38. The monoisotopic (exact) mass is 213 g/mol. The maximum Gasteiger partial charge on any atom is 0.116 e. The van der Waals surface area contributed by atoms with Crippen LogP contribution in [0, 0.1) is 0 Å². The van der Waals surface area contributed by atoms with Gasteiger partial charge < -0.3 is 5.73 Å². The summed E-state index contributed by atoms with van der Waals surface area (Å²) in [7, 11) is 0. The van der Waals surface area contributed by atoms with Crippen molar-refractivity contribution in [2.45, 2.75) is 12.8 Å². The number of aryl methyl sites for hydroxylation is 1. The van der Waals surface area contributed by atoms with Crippen molar-refractivity contribution < 1.29 is 0 Å². The normalized spacial score (nSPS) is 10.3. The maximum absolute atomic E-state index is 5.52. The minimum Gasteiger partial charge on any atom is -0.330 e. The molecule has 0 aliphatic carbocycles. The molecule has 16 heavy (non-hydrogen) atoms. The lowest BCUT2D eigenvalue weighted by atomic mass is 10.0. The Hall–Kier alpha value is -1.74. The number of hydrogen-bond acceptors (Lipinski definition) is 3. The van der Waals surface area contributed by atoms with Gasteiger partial charge in [-0.3, -0.25) is 0 Å². The molecule has 0 aliphatic rings. The largest absolute Gasteiger partial charge is 0.330 e. The van der Waals surface area contributed by atoms with Crippen molar-refractivity contribution in [3.8, 4) is 11.3 Å². The first-order valence-electron chi connectivity index (χ1n) is 5.46. The van der Waals surface area contributed by atoms with Gasteiger partial charge in [-0.1, -0.05) is 30.3 Å². The van der Waals surface area contributed by atoms with E-state index in [1.54, 1.807) is 6.33 Å². The van der Waals surface area contributed by atoms with Crippen LogP contribution in [0.5, 0.6) is 0 Å². The number of benzene rings is 1. The number of hydrogen-bond donors (Lipinski definition) is 1. The molecule has 3 nitrogen and oxygen atoms in total. The van der Waals surface area contributed by atoms with Gasteiger partial charge in [0.2, 0.25) is 0 Å². The molecule has 0 aliphatic heterocycles. The zero-order valence-corrected chi connectivity index (χ0v) is 9.13. The summed E-state index contributed by atoms with van der Waals surface area (Å²) in [4.78, 5) is 8.42. The number of aromatic nitrogens is 2. The van der Waals surface area contributed by atoms with Crippen LogP contribution in [0.4, 0.5) is 0 Å². The number of nitrogens with two attached hydrogens (primary N) is 1. The summed E-state index contributed by atoms with van der Waals surface area (Å²) < 4.78 is 0. The molecule has 0 saturated carbocycles. The Balaban J connectivity index is 2.33. The van der Waals surface area contributed by atoms with Gasteiger partial charge in [-0.2, -0.15) is 0 Å². The fraction of sp³-hybridized carbons (Fsp3) is 0.231. The van der Waals surface area contributed by atoms with E-state index in [0.29, 0.717) is 6.54 Å². The Morgan fingerprint density at radius 2 is 1.94 bits per heavy atom. The van der Waals surface area contributed by atoms with E-state index in [4.69, 9.17) is 5.73 Å². The zero-order chi connectivity index (χ0) is 11.2. The summed E-state index contributed by atoms with van der Waals surface area (Å²) >= 11 is 0. The van der Waals surface area contributed by atoms with Crippen LogP contribution in [-0.2, 0) is 6.42 Å². The summed E-state index contributed by atoms with van der Waals surface area (Å²) in [5, 5.41) is 0. The third-order valence-corrected chi connectivity index (χ3v) is 2.49. The Labute approximate surface area is 95.4 Å². The van der Waals surface area contributed by atoms with Crippen molar-refractivity contribution in [2.75, 3.05) is 6.54 Å². The Morgan fingerprint density at radius 1 is 1.12 bits per heavy atom. The Bertz CT molecular complexity index is 440. The van der Waals surface area contributed by atoms with E-state index < -0.39 is 0 Å². The minimum atomic E-state index is 0.698. The predicted octanol–water partition coefficient (Wildman–Crippen LogP) is 2.03. The van der Waals surface area contributed by atoms with E-state index in [1.165, 1.54) is 5.56 Å². The molecule has 0 fully saturated rings. The molecule has 0 spiro atoms. The van der Waals surface area contributed by atoms with E-state index in [2.05, 4.69) is 22.1 Å². The van der Waals surface area contributed by atoms with Crippen LogP contribution in [0.3, 0.4) is 0 Å². The molecular formula is C13H15N3. The number of nitrogens with zero attached hydrogens (tertiary/aromatic N) is 2. The highest BCUT2D eigenvalue weighted by molar-refractivity contribution is 5.62. The summed E-state index contributed by atoms with van der Waals surface area (Å²) in [5.74, 6) is 0. The van der Waals surface area contributed by atoms with Gasteiger partial charge in [0.1, 0.15) is 6.33 Å². The first kappa shape index (κ1) is 10.8. The molecule has 2 rings (SSSR count). The molecule has 1 aromatic carbocycles. The molecule has 0 amide bonds. The van der Waals surface area contributed by atoms with E-state index in [-0.39, 0.29) is 0 Å². The molecule has 0 unspecified atom stereocenters. The lowest BCUT2D eigenvalue weighted by Crippen LogP contribution is -2.02. The highest BCUT2D eigenvalue weighted by Gasteiger charge is 2.05. The first-order valence-corrected chi connectivity index (χ1v) is 5.46. The summed E-state index contributed by atoms with van der Waals surface area (Å²) in [6, 6.07) is 10.2. The fourth-order valence-electron chi connectivity index (χ4n) is 1.69. The molecule has 0 radical (unpaired) electrons. The topological polar surface area (TPSA) is 51.8 Å². The van der Waals surface area contributed by atoms with Crippen molar-refractivity contribution >= 4 is 0 Å². The number of rotatable bonds is 4. The van der Waals surface area contributed by atoms with Crippen LogP contribution in [-0.4, -0.2) is 16.5 Å². The van der Waals surface area contributed by atoms with Gasteiger partial charge in [-0.05, 0) is 24.9 Å². The molecule has 0 saturated heterocycles. The molecule has 2 N–H and O–H groups in total. The van der Waals surface area contributed by atoms with Crippen LogP contribution < -0.4 is 5.73 Å². The second-order valence-corrected chi connectivity index (χ2v) is 3.65. The second-order valence-electron chi connectivity index (χ2n) is 3.65. The summed E-state index contributed by atoms with van der Waals surface area (Å²) in [6.45, 7) is 0.698. The van der Waals surface area contributed by atoms with Gasteiger partial charge in [0.15, 0.2) is 0 Å². The van der Waals surface area contributed by atoms with Crippen LogP contribution in [0.25, 0.3) is 11.3 Å². The van der Waals surface area contributed by atoms with E-state index in [9.17, 15) is 0 Å². The molecule has 3 heteroatoms. The molecular weight excluding hydrogens is 198 g/mol. The van der Waals surface area contributed by atoms with Crippen molar-refractivity contribution in [2.24, 2.45) is 5.73 Å². The van der Waals surface area contributed by atoms with Crippen molar-refractivity contribution in [1.82, 2.24) is 9.97 Å². The second kappa shape index (κ2) is 5.37. The summed E-state index contributed by atoms with van der Waals surface area (Å²) in [6.07, 6.45) is 5.37. The van der Waals surface area contributed by atoms with Gasteiger partial charge in [0, 0.05) is 11.8 Å². The van der Waals surface area contributed by atoms with E-state index in [0.717, 1.165) is 24.1 Å². The lowest BCUT2D eigenvalue weighted by Gasteiger charge is -2.06. The van der Waals surface area contributed by atoms with Crippen LogP contribution in [0.15, 0.2) is 42.9 Å². The summed E-state index contributed by atoms with van der Waals surface area (Å²) in [5.41, 5.74) is 8.84. The van der Waals surface area contributed by atoms with Gasteiger partial charge in [0.25, 0.3) is 0 Å². The average molecular weight is 213 g/mol. The first-order chi connectivity index (χ1) is 7.92. The third kappa shape index (κ3) is 2.44. The van der Waals surface area contributed by atoms with Crippen LogP contribution in [0.1, 0.15) is 12.0 Å². The third-order valence-electron chi connectivity index (χ3n) is 2.49. The van der Waals surface area contributed by atoms with Crippen molar-refractivity contribution in [3.05, 3.63) is 48.4 Å². The SMILES string of the molecule is NCCCc1cncnc1-c1ccccc1. The molecule has 82 valence electrons. The molecule has 1 aromatic heterocycles.